The summed E-state index contributed by atoms with van der Waals surface area (Å²) in [6, 6.07) is 4.39. The molecule has 0 aliphatic carbocycles. The topological polar surface area (TPSA) is 40.6 Å². The number of alkyl halides is 1. The van der Waals surface area contributed by atoms with E-state index in [1.165, 1.54) is 18.2 Å². The lowest BCUT2D eigenvalue weighted by Gasteiger charge is -2.21. The Morgan fingerprint density at radius 3 is 2.80 bits per heavy atom. The SMILES string of the molecule is O=C(/C=C/c1ccc(Cl)c(F)c1)N1CCC(=O)N(CCCCI)CC1. The van der Waals surface area contributed by atoms with Crippen LogP contribution < -0.4 is 0 Å². The van der Waals surface area contributed by atoms with Gasteiger partial charge in [0.05, 0.1) is 5.02 Å². The van der Waals surface area contributed by atoms with Gasteiger partial charge in [-0.2, -0.15) is 0 Å². The summed E-state index contributed by atoms with van der Waals surface area (Å²) < 4.78 is 14.5. The van der Waals surface area contributed by atoms with Crippen molar-refractivity contribution >= 4 is 52.1 Å². The molecule has 1 saturated heterocycles. The summed E-state index contributed by atoms with van der Waals surface area (Å²) in [5, 5.41) is 0.0529. The van der Waals surface area contributed by atoms with Crippen molar-refractivity contribution in [2.24, 2.45) is 0 Å². The number of unbranched alkanes of at least 4 members (excludes halogenated alkanes) is 1. The van der Waals surface area contributed by atoms with Gasteiger partial charge in [-0.1, -0.05) is 40.3 Å². The lowest BCUT2D eigenvalue weighted by Crippen LogP contribution is -2.35. The van der Waals surface area contributed by atoms with Gasteiger partial charge in [-0.15, -0.1) is 0 Å². The van der Waals surface area contributed by atoms with Gasteiger partial charge in [-0.05, 0) is 41.0 Å². The van der Waals surface area contributed by atoms with Crippen molar-refractivity contribution < 1.29 is 14.0 Å². The third-order valence-electron chi connectivity index (χ3n) is 4.07. The number of hydrogen-bond acceptors (Lipinski definition) is 2. The minimum absolute atomic E-state index is 0.0529. The van der Waals surface area contributed by atoms with E-state index in [0.717, 1.165) is 23.8 Å². The highest BCUT2D eigenvalue weighted by Gasteiger charge is 2.22. The third kappa shape index (κ3) is 6.26. The largest absolute Gasteiger partial charge is 0.341 e. The molecule has 1 aromatic rings. The molecule has 1 aliphatic heterocycles. The summed E-state index contributed by atoms with van der Waals surface area (Å²) in [6.45, 7) is 2.26. The second-order valence-electron chi connectivity index (χ2n) is 5.86. The van der Waals surface area contributed by atoms with E-state index < -0.39 is 5.82 Å². The summed E-state index contributed by atoms with van der Waals surface area (Å²) in [4.78, 5) is 28.0. The molecule has 0 bridgehead atoms. The predicted molar refractivity (Wildman–Crippen MR) is 106 cm³/mol. The van der Waals surface area contributed by atoms with Gasteiger partial charge in [0.25, 0.3) is 0 Å². The van der Waals surface area contributed by atoms with Crippen molar-refractivity contribution in [3.8, 4) is 0 Å². The summed E-state index contributed by atoms with van der Waals surface area (Å²) >= 11 is 7.97. The molecule has 0 N–H and O–H groups in total. The number of halogens is 3. The maximum atomic E-state index is 13.4. The van der Waals surface area contributed by atoms with E-state index in [9.17, 15) is 14.0 Å². The monoisotopic (exact) mass is 478 g/mol. The summed E-state index contributed by atoms with van der Waals surface area (Å²) in [6.07, 6.45) is 5.41. The first-order chi connectivity index (χ1) is 12.0. The maximum absolute atomic E-state index is 13.4. The van der Waals surface area contributed by atoms with E-state index in [2.05, 4.69) is 22.6 Å². The van der Waals surface area contributed by atoms with Gasteiger partial charge in [0, 0.05) is 38.7 Å². The Morgan fingerprint density at radius 1 is 1.28 bits per heavy atom. The van der Waals surface area contributed by atoms with Crippen LogP contribution in [0.15, 0.2) is 24.3 Å². The van der Waals surface area contributed by atoms with E-state index in [1.807, 2.05) is 4.90 Å². The van der Waals surface area contributed by atoms with Crippen LogP contribution in [0, 0.1) is 5.82 Å². The molecule has 1 aromatic carbocycles. The van der Waals surface area contributed by atoms with Crippen LogP contribution in [0.1, 0.15) is 24.8 Å². The van der Waals surface area contributed by atoms with Crippen LogP contribution >= 0.6 is 34.2 Å². The number of amides is 2. The number of hydrogen-bond donors (Lipinski definition) is 0. The Bertz CT molecular complexity index is 654. The van der Waals surface area contributed by atoms with Gasteiger partial charge in [0.15, 0.2) is 0 Å². The number of nitrogens with zero attached hydrogens (tertiary/aromatic N) is 2. The molecule has 0 radical (unpaired) electrons. The number of rotatable bonds is 6. The van der Waals surface area contributed by atoms with Gasteiger partial charge in [-0.25, -0.2) is 4.39 Å². The Hall–Kier alpha value is -1.15. The third-order valence-corrected chi connectivity index (χ3v) is 5.14. The Balaban J connectivity index is 1.92. The molecule has 1 fully saturated rings. The molecular weight excluding hydrogens is 458 g/mol. The van der Waals surface area contributed by atoms with Crippen LogP contribution in [0.5, 0.6) is 0 Å². The molecule has 0 saturated carbocycles. The molecule has 4 nitrogen and oxygen atoms in total. The molecule has 7 heteroatoms. The highest BCUT2D eigenvalue weighted by Crippen LogP contribution is 2.16. The fraction of sp³-hybridized carbons (Fsp3) is 0.444. The number of carbonyl (C=O) groups is 2. The molecule has 2 rings (SSSR count). The lowest BCUT2D eigenvalue weighted by atomic mass is 10.2. The number of carbonyl (C=O) groups excluding carboxylic acids is 2. The van der Waals surface area contributed by atoms with Crippen molar-refractivity contribution in [2.75, 3.05) is 30.6 Å². The molecule has 0 unspecified atom stereocenters. The van der Waals surface area contributed by atoms with Crippen LogP contribution in [-0.2, 0) is 9.59 Å². The fourth-order valence-electron chi connectivity index (χ4n) is 2.61. The average molecular weight is 479 g/mol. The van der Waals surface area contributed by atoms with Crippen LogP contribution in [0.25, 0.3) is 6.08 Å². The van der Waals surface area contributed by atoms with Gasteiger partial charge < -0.3 is 9.80 Å². The molecule has 2 amide bonds. The zero-order chi connectivity index (χ0) is 18.2. The fourth-order valence-corrected chi connectivity index (χ4v) is 3.27. The van der Waals surface area contributed by atoms with E-state index >= 15 is 0 Å². The second kappa shape index (κ2) is 10.1. The second-order valence-corrected chi connectivity index (χ2v) is 7.34. The van der Waals surface area contributed by atoms with E-state index in [4.69, 9.17) is 11.6 Å². The van der Waals surface area contributed by atoms with Crippen LogP contribution in [0.4, 0.5) is 4.39 Å². The highest BCUT2D eigenvalue weighted by atomic mass is 127. The summed E-state index contributed by atoms with van der Waals surface area (Å²) in [5.74, 6) is -0.580. The molecule has 25 heavy (non-hydrogen) atoms. The van der Waals surface area contributed by atoms with Crippen molar-refractivity contribution in [2.45, 2.75) is 19.3 Å². The van der Waals surface area contributed by atoms with Crippen molar-refractivity contribution in [3.63, 3.8) is 0 Å². The zero-order valence-corrected chi connectivity index (χ0v) is 16.8. The van der Waals surface area contributed by atoms with E-state index in [1.54, 1.807) is 17.0 Å². The molecule has 1 heterocycles. The predicted octanol–water partition coefficient (Wildman–Crippen LogP) is 3.77. The molecule has 0 spiro atoms. The molecule has 136 valence electrons. The Kier molecular flexibility index (Phi) is 8.15. The minimum atomic E-state index is -0.515. The first-order valence-electron chi connectivity index (χ1n) is 8.27. The van der Waals surface area contributed by atoms with Crippen LogP contribution in [0.3, 0.4) is 0 Å². The molecule has 1 aliphatic rings. The average Bonchev–Trinajstić information content (AvgIpc) is 2.78. The van der Waals surface area contributed by atoms with E-state index in [-0.39, 0.29) is 16.8 Å². The normalized spacial score (nSPS) is 15.7. The Morgan fingerprint density at radius 2 is 2.08 bits per heavy atom. The summed E-state index contributed by atoms with van der Waals surface area (Å²) in [7, 11) is 0. The van der Waals surface area contributed by atoms with Crippen molar-refractivity contribution in [1.29, 1.82) is 0 Å². The van der Waals surface area contributed by atoms with Gasteiger partial charge in [0.2, 0.25) is 11.8 Å². The highest BCUT2D eigenvalue weighted by molar-refractivity contribution is 14.1. The van der Waals surface area contributed by atoms with E-state index in [0.29, 0.717) is 31.6 Å². The Labute approximate surface area is 166 Å². The van der Waals surface area contributed by atoms with Crippen LogP contribution in [-0.4, -0.2) is 52.2 Å². The van der Waals surface area contributed by atoms with Crippen molar-refractivity contribution in [1.82, 2.24) is 9.80 Å². The first-order valence-corrected chi connectivity index (χ1v) is 10.2. The number of benzene rings is 1. The molecule has 0 aromatic heterocycles. The molecular formula is C18H21ClFIN2O2. The van der Waals surface area contributed by atoms with Gasteiger partial charge in [0.1, 0.15) is 5.82 Å². The standard InChI is InChI=1S/C18H21ClFIN2O2/c19-15-5-3-14(13-16(15)20)4-6-17(24)23-10-7-18(25)22(11-12-23)9-2-1-8-21/h3-6,13H,1-2,7-12H2/b6-4+. The molecule has 0 atom stereocenters. The first kappa shape index (κ1) is 20.2. The van der Waals surface area contributed by atoms with Crippen molar-refractivity contribution in [3.05, 3.63) is 40.7 Å². The lowest BCUT2D eigenvalue weighted by molar-refractivity contribution is -0.130. The quantitative estimate of drug-likeness (QED) is 0.270. The van der Waals surface area contributed by atoms with Gasteiger partial charge >= 0.3 is 0 Å². The maximum Gasteiger partial charge on any atom is 0.246 e. The van der Waals surface area contributed by atoms with Crippen LogP contribution in [0.2, 0.25) is 5.02 Å². The smallest absolute Gasteiger partial charge is 0.246 e. The van der Waals surface area contributed by atoms with Gasteiger partial charge in [-0.3, -0.25) is 9.59 Å². The minimum Gasteiger partial charge on any atom is -0.341 e. The zero-order valence-electron chi connectivity index (χ0n) is 13.9. The summed E-state index contributed by atoms with van der Waals surface area (Å²) in [5.41, 5.74) is 0.571.